The Morgan fingerprint density at radius 2 is 1.75 bits per heavy atom. The first-order chi connectivity index (χ1) is 13.7. The molecule has 2 heterocycles. The lowest BCUT2D eigenvalue weighted by Gasteiger charge is -2.18. The number of aryl methyl sites for hydroxylation is 2. The molecule has 0 bridgehead atoms. The standard InChI is InChI=1S/C23H27N5/c1-3-18-8-6-7-17(2)22(18)26-21-13-14-24-23(27-21)25-19-9-11-20(12-10-19)28-15-4-5-16-28/h6-14H,3-5,15-16H2,1-2H3,(H2,24,25,26,27). The van der Waals surface area contributed by atoms with Gasteiger partial charge in [0, 0.05) is 36.3 Å². The van der Waals surface area contributed by atoms with Crippen LogP contribution in [0.3, 0.4) is 0 Å². The van der Waals surface area contributed by atoms with E-state index in [1.165, 1.54) is 29.7 Å². The van der Waals surface area contributed by atoms with Crippen molar-refractivity contribution >= 4 is 28.8 Å². The Bertz CT molecular complexity index is 930. The third kappa shape index (κ3) is 4.09. The fraction of sp³-hybridized carbons (Fsp3) is 0.304. The summed E-state index contributed by atoms with van der Waals surface area (Å²) < 4.78 is 0. The lowest BCUT2D eigenvalue weighted by atomic mass is 10.1. The zero-order valence-electron chi connectivity index (χ0n) is 16.6. The molecule has 5 nitrogen and oxygen atoms in total. The molecule has 144 valence electrons. The van der Waals surface area contributed by atoms with Crippen molar-refractivity contribution in [2.24, 2.45) is 0 Å². The van der Waals surface area contributed by atoms with E-state index in [0.717, 1.165) is 36.7 Å². The summed E-state index contributed by atoms with van der Waals surface area (Å²) in [5.41, 5.74) is 5.90. The van der Waals surface area contributed by atoms with Gasteiger partial charge in [0.05, 0.1) is 0 Å². The molecular weight excluding hydrogens is 346 g/mol. The van der Waals surface area contributed by atoms with E-state index >= 15 is 0 Å². The normalized spacial score (nSPS) is 13.6. The minimum absolute atomic E-state index is 0.588. The van der Waals surface area contributed by atoms with Crippen molar-refractivity contribution < 1.29 is 0 Å². The van der Waals surface area contributed by atoms with Crippen LogP contribution in [0.1, 0.15) is 30.9 Å². The van der Waals surface area contributed by atoms with Gasteiger partial charge in [-0.1, -0.05) is 25.1 Å². The summed E-state index contributed by atoms with van der Waals surface area (Å²) in [4.78, 5) is 11.4. The van der Waals surface area contributed by atoms with E-state index in [4.69, 9.17) is 0 Å². The van der Waals surface area contributed by atoms with Crippen LogP contribution in [-0.2, 0) is 6.42 Å². The molecule has 1 aliphatic rings. The Morgan fingerprint density at radius 3 is 2.50 bits per heavy atom. The van der Waals surface area contributed by atoms with Crippen LogP contribution >= 0.6 is 0 Å². The molecule has 28 heavy (non-hydrogen) atoms. The third-order valence-corrected chi connectivity index (χ3v) is 5.24. The highest BCUT2D eigenvalue weighted by atomic mass is 15.2. The van der Waals surface area contributed by atoms with Crippen LogP contribution in [0.15, 0.2) is 54.7 Å². The molecule has 0 aliphatic carbocycles. The molecule has 1 aromatic heterocycles. The maximum absolute atomic E-state index is 4.64. The second kappa shape index (κ2) is 8.30. The lowest BCUT2D eigenvalue weighted by Crippen LogP contribution is -2.17. The summed E-state index contributed by atoms with van der Waals surface area (Å²) in [6.07, 6.45) is 5.33. The molecule has 1 aliphatic heterocycles. The first-order valence-electron chi connectivity index (χ1n) is 10.0. The predicted octanol–water partition coefficient (Wildman–Crippen LogP) is 5.43. The average molecular weight is 374 g/mol. The van der Waals surface area contributed by atoms with Crippen LogP contribution in [0, 0.1) is 6.92 Å². The molecule has 0 saturated carbocycles. The minimum Gasteiger partial charge on any atom is -0.372 e. The summed E-state index contributed by atoms with van der Waals surface area (Å²) >= 11 is 0. The molecule has 0 atom stereocenters. The quantitative estimate of drug-likeness (QED) is 0.603. The van der Waals surface area contributed by atoms with Gasteiger partial charge in [-0.3, -0.25) is 0 Å². The molecule has 2 N–H and O–H groups in total. The van der Waals surface area contributed by atoms with Gasteiger partial charge in [0.2, 0.25) is 5.95 Å². The van der Waals surface area contributed by atoms with E-state index in [1.54, 1.807) is 6.20 Å². The highest BCUT2D eigenvalue weighted by molar-refractivity contribution is 5.66. The number of nitrogens with zero attached hydrogens (tertiary/aromatic N) is 3. The van der Waals surface area contributed by atoms with Gasteiger partial charge in [-0.2, -0.15) is 4.98 Å². The minimum atomic E-state index is 0.588. The van der Waals surface area contributed by atoms with Crippen molar-refractivity contribution in [3.8, 4) is 0 Å². The molecule has 1 fully saturated rings. The largest absolute Gasteiger partial charge is 0.372 e. The van der Waals surface area contributed by atoms with Crippen molar-refractivity contribution in [1.29, 1.82) is 0 Å². The molecule has 0 spiro atoms. The Balaban J connectivity index is 1.48. The second-order valence-electron chi connectivity index (χ2n) is 7.22. The lowest BCUT2D eigenvalue weighted by molar-refractivity contribution is 0.949. The number of hydrogen-bond acceptors (Lipinski definition) is 5. The zero-order chi connectivity index (χ0) is 19.3. The average Bonchev–Trinajstić information content (AvgIpc) is 3.25. The summed E-state index contributed by atoms with van der Waals surface area (Å²) in [6.45, 7) is 6.59. The summed E-state index contributed by atoms with van der Waals surface area (Å²) in [5.74, 6) is 1.38. The van der Waals surface area contributed by atoms with Crippen LogP contribution in [0.2, 0.25) is 0 Å². The topological polar surface area (TPSA) is 53.1 Å². The molecule has 2 aromatic carbocycles. The molecular formula is C23H27N5. The van der Waals surface area contributed by atoms with Crippen LogP contribution in [0.4, 0.5) is 28.8 Å². The van der Waals surface area contributed by atoms with Crippen LogP contribution < -0.4 is 15.5 Å². The number of anilines is 5. The van der Waals surface area contributed by atoms with Gasteiger partial charge in [0.15, 0.2) is 0 Å². The number of rotatable bonds is 6. The van der Waals surface area contributed by atoms with Gasteiger partial charge < -0.3 is 15.5 Å². The summed E-state index contributed by atoms with van der Waals surface area (Å²) in [7, 11) is 0. The summed E-state index contributed by atoms with van der Waals surface area (Å²) in [5, 5.41) is 6.78. The molecule has 0 amide bonds. The summed E-state index contributed by atoms with van der Waals surface area (Å²) in [6, 6.07) is 16.8. The second-order valence-corrected chi connectivity index (χ2v) is 7.22. The number of nitrogens with one attached hydrogen (secondary N) is 2. The molecule has 0 unspecified atom stereocenters. The fourth-order valence-electron chi connectivity index (χ4n) is 3.68. The Hall–Kier alpha value is -3.08. The van der Waals surface area contributed by atoms with E-state index in [2.05, 4.69) is 81.8 Å². The monoisotopic (exact) mass is 373 g/mol. The van der Waals surface area contributed by atoms with Gasteiger partial charge >= 0.3 is 0 Å². The zero-order valence-corrected chi connectivity index (χ0v) is 16.6. The van der Waals surface area contributed by atoms with E-state index in [9.17, 15) is 0 Å². The molecule has 5 heteroatoms. The van der Waals surface area contributed by atoms with E-state index in [-0.39, 0.29) is 0 Å². The molecule has 3 aromatic rings. The molecule has 1 saturated heterocycles. The SMILES string of the molecule is CCc1cccc(C)c1Nc1ccnc(Nc2ccc(N3CCCC3)cc2)n1. The smallest absolute Gasteiger partial charge is 0.229 e. The maximum Gasteiger partial charge on any atom is 0.229 e. The van der Waals surface area contributed by atoms with Crippen molar-refractivity contribution in [3.63, 3.8) is 0 Å². The van der Waals surface area contributed by atoms with Crippen molar-refractivity contribution in [2.45, 2.75) is 33.1 Å². The van der Waals surface area contributed by atoms with Crippen molar-refractivity contribution in [1.82, 2.24) is 9.97 Å². The first-order valence-corrected chi connectivity index (χ1v) is 10.0. The molecule has 0 radical (unpaired) electrons. The van der Waals surface area contributed by atoms with E-state index in [0.29, 0.717) is 5.95 Å². The fourth-order valence-corrected chi connectivity index (χ4v) is 3.68. The number of hydrogen-bond donors (Lipinski definition) is 2. The maximum atomic E-state index is 4.64. The van der Waals surface area contributed by atoms with Gasteiger partial charge in [-0.25, -0.2) is 4.98 Å². The van der Waals surface area contributed by atoms with Gasteiger partial charge in [0.25, 0.3) is 0 Å². The van der Waals surface area contributed by atoms with Gasteiger partial charge in [-0.15, -0.1) is 0 Å². The Morgan fingerprint density at radius 1 is 0.964 bits per heavy atom. The van der Waals surface area contributed by atoms with Crippen molar-refractivity contribution in [2.75, 3.05) is 28.6 Å². The first kappa shape index (κ1) is 18.3. The molecule has 4 rings (SSSR count). The highest BCUT2D eigenvalue weighted by Crippen LogP contribution is 2.26. The third-order valence-electron chi connectivity index (χ3n) is 5.24. The van der Waals surface area contributed by atoms with Crippen LogP contribution in [0.25, 0.3) is 0 Å². The van der Waals surface area contributed by atoms with E-state index in [1.807, 2.05) is 6.07 Å². The van der Waals surface area contributed by atoms with Crippen LogP contribution in [0.5, 0.6) is 0 Å². The van der Waals surface area contributed by atoms with Gasteiger partial charge in [-0.05, 0) is 67.6 Å². The van der Waals surface area contributed by atoms with Crippen molar-refractivity contribution in [3.05, 3.63) is 65.9 Å². The Kier molecular flexibility index (Phi) is 5.42. The number of benzene rings is 2. The number of para-hydroxylation sites is 1. The van der Waals surface area contributed by atoms with Crippen LogP contribution in [-0.4, -0.2) is 23.1 Å². The van der Waals surface area contributed by atoms with E-state index < -0.39 is 0 Å². The number of aromatic nitrogens is 2. The predicted molar refractivity (Wildman–Crippen MR) is 117 cm³/mol. The highest BCUT2D eigenvalue weighted by Gasteiger charge is 2.12. The van der Waals surface area contributed by atoms with Gasteiger partial charge in [0.1, 0.15) is 5.82 Å². The Labute approximate surface area is 166 Å².